The third-order valence-electron chi connectivity index (χ3n) is 2.45. The third kappa shape index (κ3) is 4.23. The molecule has 0 fully saturated rings. The standard InChI is InChI=1S/C11H18BrNOS/c1-4-13-11(8(2)14-3)6-10-5-9(12)7-15-10/h5,7-8,11,13H,4,6H2,1-3H3. The van der Waals surface area contributed by atoms with Gasteiger partial charge in [0.15, 0.2) is 0 Å². The van der Waals surface area contributed by atoms with Gasteiger partial charge in [-0.05, 0) is 41.9 Å². The van der Waals surface area contributed by atoms with E-state index >= 15 is 0 Å². The van der Waals surface area contributed by atoms with Crippen LogP contribution in [0.15, 0.2) is 15.9 Å². The highest BCUT2D eigenvalue weighted by molar-refractivity contribution is 9.10. The summed E-state index contributed by atoms with van der Waals surface area (Å²) in [4.78, 5) is 1.39. The smallest absolute Gasteiger partial charge is 0.0699 e. The van der Waals surface area contributed by atoms with E-state index in [0.717, 1.165) is 13.0 Å². The minimum Gasteiger partial charge on any atom is -0.380 e. The Bertz CT molecular complexity index is 290. The topological polar surface area (TPSA) is 21.3 Å². The molecule has 1 aromatic heterocycles. The fourth-order valence-electron chi connectivity index (χ4n) is 1.51. The summed E-state index contributed by atoms with van der Waals surface area (Å²) in [5.74, 6) is 0. The fraction of sp³-hybridized carbons (Fsp3) is 0.636. The summed E-state index contributed by atoms with van der Waals surface area (Å²) in [7, 11) is 1.76. The molecule has 0 aliphatic rings. The lowest BCUT2D eigenvalue weighted by Crippen LogP contribution is -2.40. The summed E-state index contributed by atoms with van der Waals surface area (Å²) in [5.41, 5.74) is 0. The van der Waals surface area contributed by atoms with E-state index in [0.29, 0.717) is 6.04 Å². The fourth-order valence-corrected chi connectivity index (χ4v) is 3.02. The average Bonchev–Trinajstić information content (AvgIpc) is 2.62. The van der Waals surface area contributed by atoms with Gasteiger partial charge in [0, 0.05) is 27.9 Å². The zero-order valence-corrected chi connectivity index (χ0v) is 11.8. The molecule has 0 saturated heterocycles. The van der Waals surface area contributed by atoms with Gasteiger partial charge in [0.1, 0.15) is 0 Å². The molecule has 1 heterocycles. The van der Waals surface area contributed by atoms with Gasteiger partial charge in [-0.3, -0.25) is 0 Å². The molecule has 86 valence electrons. The first-order valence-corrected chi connectivity index (χ1v) is 6.83. The van der Waals surface area contributed by atoms with Crippen molar-refractivity contribution < 1.29 is 4.74 Å². The molecule has 0 bridgehead atoms. The van der Waals surface area contributed by atoms with Gasteiger partial charge < -0.3 is 10.1 Å². The van der Waals surface area contributed by atoms with Crippen LogP contribution in [0.5, 0.6) is 0 Å². The van der Waals surface area contributed by atoms with Crippen molar-refractivity contribution in [2.75, 3.05) is 13.7 Å². The Balaban J connectivity index is 2.57. The average molecular weight is 292 g/mol. The predicted molar refractivity (Wildman–Crippen MR) is 69.7 cm³/mol. The molecule has 2 nitrogen and oxygen atoms in total. The summed E-state index contributed by atoms with van der Waals surface area (Å²) in [6, 6.07) is 2.57. The number of halogens is 1. The summed E-state index contributed by atoms with van der Waals surface area (Å²) in [6.07, 6.45) is 1.27. The minimum absolute atomic E-state index is 0.242. The van der Waals surface area contributed by atoms with E-state index in [-0.39, 0.29) is 6.10 Å². The predicted octanol–water partition coefficient (Wildman–Crippen LogP) is 3.07. The number of methoxy groups -OCH3 is 1. The van der Waals surface area contributed by atoms with Crippen molar-refractivity contribution in [1.82, 2.24) is 5.32 Å². The van der Waals surface area contributed by atoms with E-state index in [4.69, 9.17) is 4.74 Å². The van der Waals surface area contributed by atoms with Crippen LogP contribution in [-0.4, -0.2) is 25.8 Å². The zero-order valence-electron chi connectivity index (χ0n) is 9.42. The molecule has 0 spiro atoms. The van der Waals surface area contributed by atoms with Crippen LogP contribution in [0.4, 0.5) is 0 Å². The second-order valence-electron chi connectivity index (χ2n) is 3.54. The molecule has 0 radical (unpaired) electrons. The Morgan fingerprint density at radius 1 is 1.60 bits per heavy atom. The van der Waals surface area contributed by atoms with Crippen molar-refractivity contribution >= 4 is 27.3 Å². The van der Waals surface area contributed by atoms with Gasteiger partial charge in [-0.2, -0.15) is 0 Å². The molecule has 1 rings (SSSR count). The van der Waals surface area contributed by atoms with Gasteiger partial charge in [0.25, 0.3) is 0 Å². The van der Waals surface area contributed by atoms with Crippen LogP contribution in [0.2, 0.25) is 0 Å². The van der Waals surface area contributed by atoms with Crippen LogP contribution >= 0.6 is 27.3 Å². The van der Waals surface area contributed by atoms with Crippen LogP contribution in [-0.2, 0) is 11.2 Å². The summed E-state index contributed by atoms with van der Waals surface area (Å²) in [6.45, 7) is 5.21. The highest BCUT2D eigenvalue weighted by Gasteiger charge is 2.16. The SMILES string of the molecule is CCNC(Cc1cc(Br)cs1)C(C)OC. The number of hydrogen-bond acceptors (Lipinski definition) is 3. The number of ether oxygens (including phenoxy) is 1. The third-order valence-corrected chi connectivity index (χ3v) is 4.17. The second-order valence-corrected chi connectivity index (χ2v) is 5.45. The number of likely N-dealkylation sites (N-methyl/N-ethyl adjacent to an activating group) is 1. The first-order valence-electron chi connectivity index (χ1n) is 5.16. The monoisotopic (exact) mass is 291 g/mol. The molecule has 1 aromatic rings. The van der Waals surface area contributed by atoms with Crippen molar-refractivity contribution in [3.63, 3.8) is 0 Å². The lowest BCUT2D eigenvalue weighted by atomic mass is 10.1. The van der Waals surface area contributed by atoms with Crippen molar-refractivity contribution in [2.45, 2.75) is 32.4 Å². The Morgan fingerprint density at radius 3 is 2.80 bits per heavy atom. The number of rotatable bonds is 6. The highest BCUT2D eigenvalue weighted by Crippen LogP contribution is 2.21. The molecular weight excluding hydrogens is 274 g/mol. The largest absolute Gasteiger partial charge is 0.380 e. The quantitative estimate of drug-likeness (QED) is 0.870. The Labute approximate surface area is 104 Å². The summed E-state index contributed by atoms with van der Waals surface area (Å²) in [5, 5.41) is 5.58. The van der Waals surface area contributed by atoms with Crippen molar-refractivity contribution in [1.29, 1.82) is 0 Å². The number of nitrogens with one attached hydrogen (secondary N) is 1. The molecule has 0 saturated carbocycles. The summed E-state index contributed by atoms with van der Waals surface area (Å²) < 4.78 is 6.54. The van der Waals surface area contributed by atoms with Crippen molar-refractivity contribution in [3.8, 4) is 0 Å². The van der Waals surface area contributed by atoms with Crippen molar-refractivity contribution in [2.24, 2.45) is 0 Å². The molecule has 2 atom stereocenters. The van der Waals surface area contributed by atoms with E-state index < -0.39 is 0 Å². The maximum absolute atomic E-state index is 5.37. The van der Waals surface area contributed by atoms with Gasteiger partial charge in [-0.1, -0.05) is 6.92 Å². The van der Waals surface area contributed by atoms with E-state index in [1.165, 1.54) is 9.35 Å². The number of thiophene rings is 1. The molecule has 1 N–H and O–H groups in total. The molecule has 0 aliphatic heterocycles. The normalized spacial score (nSPS) is 15.2. The minimum atomic E-state index is 0.242. The van der Waals surface area contributed by atoms with E-state index in [1.54, 1.807) is 18.4 Å². The highest BCUT2D eigenvalue weighted by atomic mass is 79.9. The second kappa shape index (κ2) is 6.63. The molecule has 0 aromatic carbocycles. The van der Waals surface area contributed by atoms with Crippen LogP contribution in [0.25, 0.3) is 0 Å². The molecule has 15 heavy (non-hydrogen) atoms. The van der Waals surface area contributed by atoms with Crippen molar-refractivity contribution in [3.05, 3.63) is 20.8 Å². The van der Waals surface area contributed by atoms with Crippen LogP contribution in [0.1, 0.15) is 18.7 Å². The van der Waals surface area contributed by atoms with Gasteiger partial charge in [-0.15, -0.1) is 11.3 Å². The van der Waals surface area contributed by atoms with Gasteiger partial charge in [-0.25, -0.2) is 0 Å². The maximum atomic E-state index is 5.37. The lowest BCUT2D eigenvalue weighted by Gasteiger charge is -2.23. The Hall–Kier alpha value is 0.1000. The summed E-state index contributed by atoms with van der Waals surface area (Å²) >= 11 is 5.26. The maximum Gasteiger partial charge on any atom is 0.0699 e. The molecule has 0 amide bonds. The van der Waals surface area contributed by atoms with E-state index in [2.05, 4.69) is 46.5 Å². The Morgan fingerprint density at radius 2 is 2.33 bits per heavy atom. The van der Waals surface area contributed by atoms with E-state index in [1.807, 2.05) is 0 Å². The molecule has 0 aliphatic carbocycles. The van der Waals surface area contributed by atoms with Gasteiger partial charge in [0.05, 0.1) is 6.10 Å². The number of hydrogen-bond donors (Lipinski definition) is 1. The van der Waals surface area contributed by atoms with Gasteiger partial charge in [0.2, 0.25) is 0 Å². The Kier molecular flexibility index (Phi) is 5.82. The van der Waals surface area contributed by atoms with Crippen LogP contribution in [0, 0.1) is 0 Å². The van der Waals surface area contributed by atoms with Gasteiger partial charge >= 0.3 is 0 Å². The first kappa shape index (κ1) is 13.2. The lowest BCUT2D eigenvalue weighted by molar-refractivity contribution is 0.0839. The molecular formula is C11H18BrNOS. The van der Waals surface area contributed by atoms with Crippen LogP contribution < -0.4 is 5.32 Å². The molecule has 2 unspecified atom stereocenters. The first-order chi connectivity index (χ1) is 7.17. The van der Waals surface area contributed by atoms with E-state index in [9.17, 15) is 0 Å². The molecule has 4 heteroatoms. The van der Waals surface area contributed by atoms with Crippen LogP contribution in [0.3, 0.4) is 0 Å². The zero-order chi connectivity index (χ0) is 11.3.